The lowest BCUT2D eigenvalue weighted by Crippen LogP contribution is -2.12. The Morgan fingerprint density at radius 1 is 1.09 bits per heavy atom. The van der Waals surface area contributed by atoms with Crippen LogP contribution < -0.4 is 14.8 Å². The predicted molar refractivity (Wildman–Crippen MR) is 92.3 cm³/mol. The third-order valence-corrected chi connectivity index (χ3v) is 3.41. The molecule has 0 spiro atoms. The number of hydrogen-bond donors (Lipinski definition) is 1. The molecule has 2 rings (SSSR count). The maximum atomic E-state index is 12.3. The molecule has 1 amide bonds. The summed E-state index contributed by atoms with van der Waals surface area (Å²) in [5.41, 5.74) is 1.30. The molecule has 0 aromatic heterocycles. The summed E-state index contributed by atoms with van der Waals surface area (Å²) < 4.78 is 10.8. The average molecular weight is 313 g/mol. The van der Waals surface area contributed by atoms with Crippen molar-refractivity contribution >= 4 is 11.6 Å². The van der Waals surface area contributed by atoms with Gasteiger partial charge < -0.3 is 14.8 Å². The first-order chi connectivity index (χ1) is 11.1. The number of carbonyl (C=O) groups is 1. The predicted octanol–water partition coefficient (Wildman–Crippen LogP) is 4.37. The first kappa shape index (κ1) is 16.9. The minimum atomic E-state index is -0.163. The van der Waals surface area contributed by atoms with Crippen LogP contribution in [-0.4, -0.2) is 19.6 Å². The van der Waals surface area contributed by atoms with Crippen molar-refractivity contribution in [2.45, 2.75) is 20.3 Å². The van der Waals surface area contributed by atoms with Gasteiger partial charge in [0.25, 0.3) is 5.91 Å². The maximum Gasteiger partial charge on any atom is 0.255 e. The number of amides is 1. The lowest BCUT2D eigenvalue weighted by Gasteiger charge is -2.10. The van der Waals surface area contributed by atoms with E-state index in [1.54, 1.807) is 43.5 Å². The quantitative estimate of drug-likeness (QED) is 0.825. The molecule has 0 aliphatic carbocycles. The highest BCUT2D eigenvalue weighted by Crippen LogP contribution is 2.18. The van der Waals surface area contributed by atoms with Crippen molar-refractivity contribution in [2.24, 2.45) is 5.92 Å². The summed E-state index contributed by atoms with van der Waals surface area (Å²) in [4.78, 5) is 12.3. The van der Waals surface area contributed by atoms with Gasteiger partial charge in [-0.15, -0.1) is 0 Å². The van der Waals surface area contributed by atoms with Crippen LogP contribution in [0.4, 0.5) is 5.69 Å². The highest BCUT2D eigenvalue weighted by molar-refractivity contribution is 6.04. The zero-order valence-electron chi connectivity index (χ0n) is 13.8. The minimum Gasteiger partial charge on any atom is -0.497 e. The van der Waals surface area contributed by atoms with Crippen LogP contribution in [0.5, 0.6) is 11.5 Å². The van der Waals surface area contributed by atoms with Crippen LogP contribution in [0.15, 0.2) is 48.5 Å². The number of nitrogens with one attached hydrogen (secondary N) is 1. The molecule has 122 valence electrons. The van der Waals surface area contributed by atoms with Gasteiger partial charge in [-0.25, -0.2) is 0 Å². The van der Waals surface area contributed by atoms with E-state index in [1.807, 2.05) is 12.1 Å². The van der Waals surface area contributed by atoms with E-state index in [4.69, 9.17) is 9.47 Å². The van der Waals surface area contributed by atoms with Gasteiger partial charge in [-0.05, 0) is 54.8 Å². The monoisotopic (exact) mass is 313 g/mol. The van der Waals surface area contributed by atoms with Crippen molar-refractivity contribution in [2.75, 3.05) is 19.0 Å². The summed E-state index contributed by atoms with van der Waals surface area (Å²) in [6.45, 7) is 4.96. The Hall–Kier alpha value is -2.49. The molecule has 0 unspecified atom stereocenters. The maximum absolute atomic E-state index is 12.3. The number of anilines is 1. The smallest absolute Gasteiger partial charge is 0.255 e. The van der Waals surface area contributed by atoms with Crippen LogP contribution in [-0.2, 0) is 0 Å². The molecule has 0 bridgehead atoms. The van der Waals surface area contributed by atoms with Gasteiger partial charge in [0.05, 0.1) is 13.7 Å². The molecule has 2 aromatic rings. The Kier molecular flexibility index (Phi) is 6.03. The standard InChI is InChI=1S/C19H23NO3/c1-14(2)11-12-23-18-6-4-5-15(13-18)19(21)20-16-7-9-17(22-3)10-8-16/h4-10,13-14H,11-12H2,1-3H3,(H,20,21). The number of ether oxygens (including phenoxy) is 2. The van der Waals surface area contributed by atoms with E-state index in [0.717, 1.165) is 17.9 Å². The van der Waals surface area contributed by atoms with Crippen molar-refractivity contribution in [1.29, 1.82) is 0 Å². The van der Waals surface area contributed by atoms with Gasteiger partial charge in [0.1, 0.15) is 11.5 Å². The van der Waals surface area contributed by atoms with Crippen LogP contribution in [0.2, 0.25) is 0 Å². The summed E-state index contributed by atoms with van der Waals surface area (Å²) in [6, 6.07) is 14.5. The molecular formula is C19H23NO3. The normalized spacial score (nSPS) is 10.4. The highest BCUT2D eigenvalue weighted by atomic mass is 16.5. The molecule has 1 N–H and O–H groups in total. The summed E-state index contributed by atoms with van der Waals surface area (Å²) in [7, 11) is 1.61. The Bertz CT molecular complexity index is 635. The van der Waals surface area contributed by atoms with Gasteiger partial charge in [-0.3, -0.25) is 4.79 Å². The fraction of sp³-hybridized carbons (Fsp3) is 0.316. The van der Waals surface area contributed by atoms with Crippen LogP contribution in [0.25, 0.3) is 0 Å². The van der Waals surface area contributed by atoms with Gasteiger partial charge in [-0.1, -0.05) is 19.9 Å². The van der Waals surface area contributed by atoms with Crippen molar-refractivity contribution in [1.82, 2.24) is 0 Å². The average Bonchev–Trinajstić information content (AvgIpc) is 2.55. The highest BCUT2D eigenvalue weighted by Gasteiger charge is 2.08. The molecule has 0 saturated carbocycles. The van der Waals surface area contributed by atoms with E-state index < -0.39 is 0 Å². The van der Waals surface area contributed by atoms with Crippen LogP contribution in [0, 0.1) is 5.92 Å². The van der Waals surface area contributed by atoms with Crippen LogP contribution >= 0.6 is 0 Å². The molecule has 23 heavy (non-hydrogen) atoms. The number of hydrogen-bond acceptors (Lipinski definition) is 3. The lowest BCUT2D eigenvalue weighted by molar-refractivity contribution is 0.102. The van der Waals surface area contributed by atoms with Crippen molar-refractivity contribution in [3.05, 3.63) is 54.1 Å². The zero-order valence-corrected chi connectivity index (χ0v) is 13.8. The zero-order chi connectivity index (χ0) is 16.7. The molecule has 0 radical (unpaired) electrons. The summed E-state index contributed by atoms with van der Waals surface area (Å²) in [6.07, 6.45) is 0.988. The van der Waals surface area contributed by atoms with E-state index in [9.17, 15) is 4.79 Å². The second kappa shape index (κ2) is 8.22. The third kappa shape index (κ3) is 5.33. The van der Waals surface area contributed by atoms with Crippen molar-refractivity contribution in [3.8, 4) is 11.5 Å². The van der Waals surface area contributed by atoms with E-state index in [2.05, 4.69) is 19.2 Å². The summed E-state index contributed by atoms with van der Waals surface area (Å²) in [5.74, 6) is 1.90. The SMILES string of the molecule is COc1ccc(NC(=O)c2cccc(OCCC(C)C)c2)cc1. The first-order valence-corrected chi connectivity index (χ1v) is 7.76. The molecule has 0 fully saturated rings. The molecule has 0 saturated heterocycles. The summed E-state index contributed by atoms with van der Waals surface area (Å²) >= 11 is 0. The molecule has 0 atom stereocenters. The number of rotatable bonds is 7. The topological polar surface area (TPSA) is 47.6 Å². The van der Waals surface area contributed by atoms with Crippen LogP contribution in [0.3, 0.4) is 0 Å². The van der Waals surface area contributed by atoms with E-state index >= 15 is 0 Å². The van der Waals surface area contributed by atoms with Crippen LogP contribution in [0.1, 0.15) is 30.6 Å². The number of benzene rings is 2. The van der Waals surface area contributed by atoms with Gasteiger partial charge in [-0.2, -0.15) is 0 Å². The molecule has 4 nitrogen and oxygen atoms in total. The molecular weight excluding hydrogens is 290 g/mol. The van der Waals surface area contributed by atoms with Crippen molar-refractivity contribution in [3.63, 3.8) is 0 Å². The Morgan fingerprint density at radius 3 is 2.48 bits per heavy atom. The molecule has 0 aliphatic rings. The molecule has 4 heteroatoms. The molecule has 2 aromatic carbocycles. The fourth-order valence-corrected chi connectivity index (χ4v) is 2.02. The lowest BCUT2D eigenvalue weighted by atomic mass is 10.1. The third-order valence-electron chi connectivity index (χ3n) is 3.41. The number of carbonyl (C=O) groups excluding carboxylic acids is 1. The molecule has 0 heterocycles. The van der Waals surface area contributed by atoms with Gasteiger partial charge >= 0.3 is 0 Å². The fourth-order valence-electron chi connectivity index (χ4n) is 2.02. The Morgan fingerprint density at radius 2 is 1.83 bits per heavy atom. The first-order valence-electron chi connectivity index (χ1n) is 7.76. The largest absolute Gasteiger partial charge is 0.497 e. The number of methoxy groups -OCH3 is 1. The molecule has 0 aliphatic heterocycles. The summed E-state index contributed by atoms with van der Waals surface area (Å²) in [5, 5.41) is 2.86. The van der Waals surface area contributed by atoms with E-state index in [0.29, 0.717) is 23.8 Å². The Balaban J connectivity index is 1.98. The Labute approximate surface area is 137 Å². The van der Waals surface area contributed by atoms with Gasteiger partial charge in [0.2, 0.25) is 0 Å². The second-order valence-corrected chi connectivity index (χ2v) is 5.74. The van der Waals surface area contributed by atoms with Crippen molar-refractivity contribution < 1.29 is 14.3 Å². The van der Waals surface area contributed by atoms with Gasteiger partial charge in [0, 0.05) is 11.3 Å². The minimum absolute atomic E-state index is 0.163. The van der Waals surface area contributed by atoms with Gasteiger partial charge in [0.15, 0.2) is 0 Å². The second-order valence-electron chi connectivity index (χ2n) is 5.74. The van der Waals surface area contributed by atoms with E-state index in [-0.39, 0.29) is 5.91 Å². The van der Waals surface area contributed by atoms with E-state index in [1.165, 1.54) is 0 Å².